The first-order valence-electron chi connectivity index (χ1n) is 13.3. The number of anilines is 1. The highest BCUT2D eigenvalue weighted by atomic mass is 16.7. The van der Waals surface area contributed by atoms with Crippen molar-refractivity contribution in [2.45, 2.75) is 32.4 Å². The zero-order valence-electron chi connectivity index (χ0n) is 21.8. The Bertz CT molecular complexity index is 1160. The summed E-state index contributed by atoms with van der Waals surface area (Å²) in [5, 5.41) is 5.65. The second kappa shape index (κ2) is 11.8. The summed E-state index contributed by atoms with van der Waals surface area (Å²) in [5.74, 6) is 0.884. The lowest BCUT2D eigenvalue weighted by molar-refractivity contribution is -0.145. The monoisotopic (exact) mass is 521 g/mol. The van der Waals surface area contributed by atoms with Crippen molar-refractivity contribution >= 4 is 23.4 Å². The summed E-state index contributed by atoms with van der Waals surface area (Å²) in [5.41, 5.74) is 3.03. The van der Waals surface area contributed by atoms with Crippen molar-refractivity contribution in [3.8, 4) is 11.5 Å². The van der Waals surface area contributed by atoms with E-state index in [9.17, 15) is 14.4 Å². The van der Waals surface area contributed by atoms with Gasteiger partial charge in [-0.15, -0.1) is 0 Å². The third-order valence-corrected chi connectivity index (χ3v) is 7.34. The maximum absolute atomic E-state index is 13.2. The van der Waals surface area contributed by atoms with E-state index in [1.165, 1.54) is 11.1 Å². The molecular weight excluding hydrogens is 486 g/mol. The average molecular weight is 522 g/mol. The molecule has 2 saturated heterocycles. The molecule has 3 amide bonds. The zero-order chi connectivity index (χ0) is 26.5. The zero-order valence-corrected chi connectivity index (χ0v) is 21.8. The van der Waals surface area contributed by atoms with Crippen LogP contribution in [0, 0.1) is 0 Å². The van der Waals surface area contributed by atoms with Crippen LogP contribution in [0.1, 0.15) is 24.5 Å². The SMILES string of the molecule is CCc1ccc(NC(=O)CC2C(=O)NCCN2C(=O)CN2CCN(Cc3ccc4c(c3)OCO4)CC2)cc1. The van der Waals surface area contributed by atoms with Gasteiger partial charge in [-0.1, -0.05) is 25.1 Å². The molecule has 0 aromatic heterocycles. The number of aryl methyl sites for hydroxylation is 1. The van der Waals surface area contributed by atoms with E-state index in [0.717, 1.165) is 50.6 Å². The van der Waals surface area contributed by atoms with E-state index < -0.39 is 6.04 Å². The quantitative estimate of drug-likeness (QED) is 0.542. The van der Waals surface area contributed by atoms with E-state index in [1.807, 2.05) is 36.4 Å². The van der Waals surface area contributed by atoms with Crippen molar-refractivity contribution in [3.63, 3.8) is 0 Å². The Hall–Kier alpha value is -3.63. The van der Waals surface area contributed by atoms with Crippen molar-refractivity contribution in [1.82, 2.24) is 20.0 Å². The first kappa shape index (κ1) is 26.0. The Morgan fingerprint density at radius 3 is 2.42 bits per heavy atom. The van der Waals surface area contributed by atoms with Crippen LogP contribution >= 0.6 is 0 Å². The second-order valence-corrected chi connectivity index (χ2v) is 9.94. The van der Waals surface area contributed by atoms with Crippen molar-refractivity contribution in [1.29, 1.82) is 0 Å². The number of carbonyl (C=O) groups is 3. The summed E-state index contributed by atoms with van der Waals surface area (Å²) in [6.45, 7) is 7.37. The summed E-state index contributed by atoms with van der Waals surface area (Å²) in [7, 11) is 0. The van der Waals surface area contributed by atoms with Crippen molar-refractivity contribution in [2.75, 3.05) is 57.9 Å². The van der Waals surface area contributed by atoms with Crippen LogP contribution in [0.2, 0.25) is 0 Å². The highest BCUT2D eigenvalue weighted by Gasteiger charge is 2.35. The number of nitrogens with one attached hydrogen (secondary N) is 2. The predicted molar refractivity (Wildman–Crippen MR) is 142 cm³/mol. The van der Waals surface area contributed by atoms with E-state index in [-0.39, 0.29) is 37.5 Å². The van der Waals surface area contributed by atoms with Gasteiger partial charge in [-0.2, -0.15) is 0 Å². The molecule has 5 rings (SSSR count). The van der Waals surface area contributed by atoms with Gasteiger partial charge < -0.3 is 25.0 Å². The lowest BCUT2D eigenvalue weighted by Crippen LogP contribution is -2.60. The minimum atomic E-state index is -0.807. The van der Waals surface area contributed by atoms with Crippen LogP contribution in [-0.4, -0.2) is 91.1 Å². The van der Waals surface area contributed by atoms with Crippen LogP contribution in [-0.2, 0) is 27.3 Å². The van der Waals surface area contributed by atoms with Gasteiger partial charge in [0.15, 0.2) is 11.5 Å². The fourth-order valence-corrected chi connectivity index (χ4v) is 5.11. The van der Waals surface area contributed by atoms with Crippen LogP contribution < -0.4 is 20.1 Å². The van der Waals surface area contributed by atoms with Crippen LogP contribution in [0.5, 0.6) is 11.5 Å². The molecule has 0 bridgehead atoms. The number of carbonyl (C=O) groups excluding carboxylic acids is 3. The van der Waals surface area contributed by atoms with Gasteiger partial charge in [0.2, 0.25) is 24.5 Å². The molecule has 0 radical (unpaired) electrons. The van der Waals surface area contributed by atoms with E-state index in [0.29, 0.717) is 18.8 Å². The van der Waals surface area contributed by atoms with Gasteiger partial charge in [-0.25, -0.2) is 0 Å². The number of ether oxygens (including phenoxy) is 2. The third-order valence-electron chi connectivity index (χ3n) is 7.34. The number of amides is 3. The first-order chi connectivity index (χ1) is 18.5. The van der Waals surface area contributed by atoms with Gasteiger partial charge in [-0.3, -0.25) is 24.2 Å². The van der Waals surface area contributed by atoms with Gasteiger partial charge >= 0.3 is 0 Å². The minimum absolute atomic E-state index is 0.0730. The van der Waals surface area contributed by atoms with Gasteiger partial charge in [0.25, 0.3) is 0 Å². The molecule has 3 aliphatic heterocycles. The molecule has 38 heavy (non-hydrogen) atoms. The molecule has 3 aliphatic rings. The Morgan fingerprint density at radius 1 is 0.947 bits per heavy atom. The van der Waals surface area contributed by atoms with E-state index >= 15 is 0 Å². The number of hydrogen-bond donors (Lipinski definition) is 2. The summed E-state index contributed by atoms with van der Waals surface area (Å²) in [6.07, 6.45) is 0.846. The summed E-state index contributed by atoms with van der Waals surface area (Å²) < 4.78 is 10.9. The van der Waals surface area contributed by atoms with Crippen molar-refractivity contribution < 1.29 is 23.9 Å². The molecule has 2 fully saturated rings. The second-order valence-electron chi connectivity index (χ2n) is 9.94. The summed E-state index contributed by atoms with van der Waals surface area (Å²) in [4.78, 5) is 44.7. The van der Waals surface area contributed by atoms with Gasteiger partial charge in [0, 0.05) is 51.5 Å². The Balaban J connectivity index is 1.11. The van der Waals surface area contributed by atoms with Gasteiger partial charge in [0.05, 0.1) is 13.0 Å². The number of nitrogens with zero attached hydrogens (tertiary/aromatic N) is 3. The summed E-state index contributed by atoms with van der Waals surface area (Å²) in [6, 6.07) is 12.9. The Morgan fingerprint density at radius 2 is 1.66 bits per heavy atom. The topological polar surface area (TPSA) is 103 Å². The lowest BCUT2D eigenvalue weighted by atomic mass is 10.1. The fourth-order valence-electron chi connectivity index (χ4n) is 5.11. The van der Waals surface area contributed by atoms with Crippen molar-refractivity contribution in [2.24, 2.45) is 0 Å². The molecule has 0 aliphatic carbocycles. The molecule has 2 aromatic carbocycles. The largest absolute Gasteiger partial charge is 0.454 e. The maximum atomic E-state index is 13.2. The molecule has 0 saturated carbocycles. The van der Waals surface area contributed by atoms with Crippen LogP contribution in [0.4, 0.5) is 5.69 Å². The molecule has 2 N–H and O–H groups in total. The highest BCUT2D eigenvalue weighted by Crippen LogP contribution is 2.32. The summed E-state index contributed by atoms with van der Waals surface area (Å²) >= 11 is 0. The molecule has 10 heteroatoms. The molecule has 0 spiro atoms. The third kappa shape index (κ3) is 6.25. The van der Waals surface area contributed by atoms with Gasteiger partial charge in [0.1, 0.15) is 6.04 Å². The average Bonchev–Trinajstić information content (AvgIpc) is 3.39. The smallest absolute Gasteiger partial charge is 0.243 e. The standard InChI is InChI=1S/C28H35N5O5/c1-2-20-3-6-22(7-4-20)30-26(34)16-23-28(36)29-9-10-33(23)27(35)18-32-13-11-31(12-14-32)17-21-5-8-24-25(15-21)38-19-37-24/h3-8,15,23H,2,9-14,16-19H2,1H3,(H,29,36)(H,30,34). The first-order valence-corrected chi connectivity index (χ1v) is 13.3. The van der Waals surface area contributed by atoms with Gasteiger partial charge in [-0.05, 0) is 41.8 Å². The minimum Gasteiger partial charge on any atom is -0.454 e. The Kier molecular flexibility index (Phi) is 8.09. The molecule has 2 aromatic rings. The number of benzene rings is 2. The predicted octanol–water partition coefficient (Wildman–Crippen LogP) is 1.45. The highest BCUT2D eigenvalue weighted by molar-refractivity contribution is 5.97. The lowest BCUT2D eigenvalue weighted by Gasteiger charge is -2.38. The normalized spacial score (nSPS) is 19.8. The molecule has 10 nitrogen and oxygen atoms in total. The molecule has 202 valence electrons. The van der Waals surface area contributed by atoms with Crippen LogP contribution in [0.3, 0.4) is 0 Å². The fraction of sp³-hybridized carbons (Fsp3) is 0.464. The number of piperazine rings is 2. The number of fused-ring (bicyclic) bond motifs is 1. The van der Waals surface area contributed by atoms with Crippen LogP contribution in [0.15, 0.2) is 42.5 Å². The maximum Gasteiger partial charge on any atom is 0.243 e. The van der Waals surface area contributed by atoms with Crippen LogP contribution in [0.25, 0.3) is 0 Å². The number of hydrogen-bond acceptors (Lipinski definition) is 7. The molecule has 1 unspecified atom stereocenters. The molecule has 1 atom stereocenters. The number of rotatable bonds is 8. The van der Waals surface area contributed by atoms with Crippen molar-refractivity contribution in [3.05, 3.63) is 53.6 Å². The van der Waals surface area contributed by atoms with E-state index in [1.54, 1.807) is 4.90 Å². The molecule has 3 heterocycles. The van der Waals surface area contributed by atoms with E-state index in [4.69, 9.17) is 9.47 Å². The molecular formula is C28H35N5O5. The van der Waals surface area contributed by atoms with E-state index in [2.05, 4.69) is 33.4 Å². The Labute approximate surface area is 222 Å².